The Labute approximate surface area is 102 Å². The van der Waals surface area contributed by atoms with Crippen LogP contribution < -0.4 is 5.32 Å². The van der Waals surface area contributed by atoms with Gasteiger partial charge < -0.3 is 5.32 Å². The number of carbonyl (C=O) groups excluding carboxylic acids is 1. The third kappa shape index (κ3) is 2.59. The van der Waals surface area contributed by atoms with Gasteiger partial charge in [0.05, 0.1) is 0 Å². The molecule has 0 bridgehead atoms. The van der Waals surface area contributed by atoms with Gasteiger partial charge in [-0.1, -0.05) is 30.3 Å². The molecule has 0 aliphatic rings. The molecule has 0 unspecified atom stereocenters. The van der Waals surface area contributed by atoms with Gasteiger partial charge in [0.25, 0.3) is 0 Å². The summed E-state index contributed by atoms with van der Waals surface area (Å²) in [6.45, 7) is 0. The van der Waals surface area contributed by atoms with Gasteiger partial charge in [0.2, 0.25) is 5.91 Å². The lowest BCUT2D eigenvalue weighted by Gasteiger charge is -2.08. The molecule has 82 valence electrons. The molecule has 3 nitrogen and oxygen atoms in total. The number of thiazole rings is 1. The summed E-state index contributed by atoms with van der Waals surface area (Å²) in [6, 6.07) is 9.22. The Morgan fingerprint density at radius 2 is 2.12 bits per heavy atom. The summed E-state index contributed by atoms with van der Waals surface area (Å²) in [5.74, 6) is -0.261. The Morgan fingerprint density at radius 1 is 1.38 bits per heavy atom. The third-order valence-electron chi connectivity index (χ3n) is 1.98. The fourth-order valence-corrected chi connectivity index (χ4v) is 1.96. The molecule has 1 heterocycles. The highest BCUT2D eigenvalue weighted by molar-refractivity contribution is 7.13. The van der Waals surface area contributed by atoms with Crippen LogP contribution in [0.15, 0.2) is 41.9 Å². The number of alkyl halides is 1. The van der Waals surface area contributed by atoms with Crippen molar-refractivity contribution in [2.45, 2.75) is 5.38 Å². The van der Waals surface area contributed by atoms with Gasteiger partial charge in [0, 0.05) is 11.6 Å². The topological polar surface area (TPSA) is 42.0 Å². The van der Waals surface area contributed by atoms with Crippen molar-refractivity contribution in [1.82, 2.24) is 4.98 Å². The minimum Gasteiger partial charge on any atom is -0.300 e. The molecule has 0 saturated carbocycles. The zero-order chi connectivity index (χ0) is 11.4. The number of hydrogen-bond donors (Lipinski definition) is 1. The normalized spacial score (nSPS) is 12.1. The molecule has 1 aromatic heterocycles. The second kappa shape index (κ2) is 5.09. The molecule has 5 heteroatoms. The molecule has 1 N–H and O–H groups in total. The first-order chi connectivity index (χ1) is 7.77. The Kier molecular flexibility index (Phi) is 3.54. The van der Waals surface area contributed by atoms with Crippen LogP contribution in [0.3, 0.4) is 0 Å². The minimum absolute atomic E-state index is 0.261. The molecule has 1 amide bonds. The summed E-state index contributed by atoms with van der Waals surface area (Å²) in [4.78, 5) is 15.7. The number of aromatic nitrogens is 1. The second-order valence-electron chi connectivity index (χ2n) is 3.10. The van der Waals surface area contributed by atoms with Crippen LogP contribution in [0.5, 0.6) is 0 Å². The molecular formula is C11H9ClN2OS. The number of anilines is 1. The first-order valence-electron chi connectivity index (χ1n) is 4.67. The van der Waals surface area contributed by atoms with Gasteiger partial charge in [0.15, 0.2) is 5.13 Å². The summed E-state index contributed by atoms with van der Waals surface area (Å²) < 4.78 is 0. The van der Waals surface area contributed by atoms with Gasteiger partial charge in [-0.05, 0) is 5.56 Å². The van der Waals surface area contributed by atoms with Crippen molar-refractivity contribution in [3.8, 4) is 0 Å². The van der Waals surface area contributed by atoms with Crippen LogP contribution in [0.25, 0.3) is 0 Å². The number of nitrogens with one attached hydrogen (secondary N) is 1. The van der Waals surface area contributed by atoms with Crippen molar-refractivity contribution in [2.24, 2.45) is 0 Å². The molecule has 0 fully saturated rings. The molecule has 0 radical (unpaired) electrons. The van der Waals surface area contributed by atoms with E-state index >= 15 is 0 Å². The van der Waals surface area contributed by atoms with E-state index in [-0.39, 0.29) is 5.91 Å². The highest BCUT2D eigenvalue weighted by atomic mass is 35.5. The fourth-order valence-electron chi connectivity index (χ4n) is 1.23. The number of benzene rings is 1. The van der Waals surface area contributed by atoms with Crippen molar-refractivity contribution in [3.63, 3.8) is 0 Å². The Bertz CT molecular complexity index is 458. The van der Waals surface area contributed by atoms with Crippen LogP contribution in [0, 0.1) is 0 Å². The number of halogens is 1. The molecule has 16 heavy (non-hydrogen) atoms. The fraction of sp³-hybridized carbons (Fsp3) is 0.0909. The molecule has 1 aromatic carbocycles. The second-order valence-corrected chi connectivity index (χ2v) is 4.43. The van der Waals surface area contributed by atoms with Crippen molar-refractivity contribution in [3.05, 3.63) is 47.5 Å². The smallest absolute Gasteiger partial charge is 0.248 e. The molecule has 0 saturated heterocycles. The number of carbonyl (C=O) groups is 1. The van der Waals surface area contributed by atoms with Gasteiger partial charge in [-0.3, -0.25) is 4.79 Å². The highest BCUT2D eigenvalue weighted by Gasteiger charge is 2.17. The predicted molar refractivity (Wildman–Crippen MR) is 65.8 cm³/mol. The van der Waals surface area contributed by atoms with Crippen molar-refractivity contribution >= 4 is 34.0 Å². The van der Waals surface area contributed by atoms with Gasteiger partial charge in [-0.15, -0.1) is 22.9 Å². The molecule has 0 aliphatic heterocycles. The first-order valence-corrected chi connectivity index (χ1v) is 5.98. The molecule has 2 aromatic rings. The molecule has 2 rings (SSSR count). The maximum Gasteiger partial charge on any atom is 0.248 e. The maximum atomic E-state index is 11.7. The summed E-state index contributed by atoms with van der Waals surface area (Å²) in [5, 5.41) is 4.32. The average molecular weight is 253 g/mol. The van der Waals surface area contributed by atoms with E-state index in [1.165, 1.54) is 11.3 Å². The molecule has 1 atom stereocenters. The maximum absolute atomic E-state index is 11.7. The monoisotopic (exact) mass is 252 g/mol. The van der Waals surface area contributed by atoms with Crippen LogP contribution in [0.2, 0.25) is 0 Å². The summed E-state index contributed by atoms with van der Waals surface area (Å²) in [5.41, 5.74) is 0.776. The van der Waals surface area contributed by atoms with E-state index < -0.39 is 5.38 Å². The van der Waals surface area contributed by atoms with E-state index in [4.69, 9.17) is 11.6 Å². The highest BCUT2D eigenvalue weighted by Crippen LogP contribution is 2.22. The van der Waals surface area contributed by atoms with Gasteiger partial charge in [-0.25, -0.2) is 4.98 Å². The van der Waals surface area contributed by atoms with E-state index in [1.807, 2.05) is 30.3 Å². The lowest BCUT2D eigenvalue weighted by molar-refractivity contribution is -0.116. The standard InChI is InChI=1S/C11H9ClN2OS/c12-9(8-4-2-1-3-5-8)10(15)14-11-13-6-7-16-11/h1-7,9H,(H,13,14,15)/t9-/m0/s1. The molecule has 0 aliphatic carbocycles. The molecular weight excluding hydrogens is 244 g/mol. The largest absolute Gasteiger partial charge is 0.300 e. The van der Waals surface area contributed by atoms with Crippen LogP contribution in [0.4, 0.5) is 5.13 Å². The number of nitrogens with zero attached hydrogens (tertiary/aromatic N) is 1. The number of rotatable bonds is 3. The van der Waals surface area contributed by atoms with Gasteiger partial charge >= 0.3 is 0 Å². The summed E-state index contributed by atoms with van der Waals surface area (Å²) in [7, 11) is 0. The first kappa shape index (κ1) is 11.1. The van der Waals surface area contributed by atoms with Crippen molar-refractivity contribution in [1.29, 1.82) is 0 Å². The summed E-state index contributed by atoms with van der Waals surface area (Å²) >= 11 is 7.40. The van der Waals surface area contributed by atoms with Crippen LogP contribution in [-0.2, 0) is 4.79 Å². The van der Waals surface area contributed by atoms with Crippen LogP contribution >= 0.6 is 22.9 Å². The Hall–Kier alpha value is -1.39. The third-order valence-corrected chi connectivity index (χ3v) is 3.12. The van der Waals surface area contributed by atoms with E-state index in [0.717, 1.165) is 5.56 Å². The zero-order valence-corrected chi connectivity index (χ0v) is 9.83. The number of hydrogen-bond acceptors (Lipinski definition) is 3. The minimum atomic E-state index is -0.690. The Morgan fingerprint density at radius 3 is 2.75 bits per heavy atom. The van der Waals surface area contributed by atoms with Crippen molar-refractivity contribution in [2.75, 3.05) is 5.32 Å². The average Bonchev–Trinajstić information content (AvgIpc) is 2.82. The van der Waals surface area contributed by atoms with Crippen LogP contribution in [0.1, 0.15) is 10.9 Å². The van der Waals surface area contributed by atoms with E-state index in [1.54, 1.807) is 11.6 Å². The van der Waals surface area contributed by atoms with Gasteiger partial charge in [-0.2, -0.15) is 0 Å². The predicted octanol–water partition coefficient (Wildman–Crippen LogP) is 3.06. The van der Waals surface area contributed by atoms with E-state index in [2.05, 4.69) is 10.3 Å². The number of amides is 1. The zero-order valence-electron chi connectivity index (χ0n) is 8.26. The quantitative estimate of drug-likeness (QED) is 0.853. The van der Waals surface area contributed by atoms with Crippen molar-refractivity contribution < 1.29 is 4.79 Å². The van der Waals surface area contributed by atoms with E-state index in [9.17, 15) is 4.79 Å². The SMILES string of the molecule is O=C(Nc1nccs1)[C@@H](Cl)c1ccccc1. The lowest BCUT2D eigenvalue weighted by atomic mass is 10.1. The Balaban J connectivity index is 2.05. The van der Waals surface area contributed by atoms with E-state index in [0.29, 0.717) is 5.13 Å². The summed E-state index contributed by atoms with van der Waals surface area (Å²) in [6.07, 6.45) is 1.63. The lowest BCUT2D eigenvalue weighted by Crippen LogP contribution is -2.17. The van der Waals surface area contributed by atoms with Crippen LogP contribution in [-0.4, -0.2) is 10.9 Å². The van der Waals surface area contributed by atoms with Gasteiger partial charge in [0.1, 0.15) is 5.38 Å². The molecule has 0 spiro atoms.